The molecule has 1 unspecified atom stereocenters. The first kappa shape index (κ1) is 31.1. The monoisotopic (exact) mass is 557 g/mol. The molecule has 0 bridgehead atoms. The average molecular weight is 558 g/mol. The number of carbonyl (C=O) groups is 3. The van der Waals surface area contributed by atoms with Crippen LogP contribution in [0.4, 0.5) is 14.0 Å². The van der Waals surface area contributed by atoms with Crippen molar-refractivity contribution in [2.45, 2.75) is 85.0 Å². The van der Waals surface area contributed by atoms with Gasteiger partial charge in [-0.25, -0.2) is 18.9 Å². The number of nitrogens with zero attached hydrogens (tertiary/aromatic N) is 1. The van der Waals surface area contributed by atoms with Gasteiger partial charge in [0.05, 0.1) is 5.41 Å². The average Bonchev–Trinajstić information content (AvgIpc) is 3.09. The second-order valence-corrected chi connectivity index (χ2v) is 12.4. The van der Waals surface area contributed by atoms with Gasteiger partial charge in [0, 0.05) is 18.2 Å². The number of aryl methyl sites for hydroxylation is 1. The van der Waals surface area contributed by atoms with E-state index in [1.165, 1.54) is 6.07 Å². The van der Waals surface area contributed by atoms with E-state index in [4.69, 9.17) is 14.2 Å². The van der Waals surface area contributed by atoms with Crippen molar-refractivity contribution >= 4 is 18.2 Å². The van der Waals surface area contributed by atoms with Gasteiger partial charge in [0.15, 0.2) is 0 Å². The Morgan fingerprint density at radius 2 is 1.65 bits per heavy atom. The maximum Gasteiger partial charge on any atom is 0.508 e. The number of hydrogen-bond acceptors (Lipinski definition) is 7. The third kappa shape index (κ3) is 7.81. The number of hydrogen-bond donors (Lipinski definition) is 1. The number of ether oxygens (including phenoxy) is 3. The van der Waals surface area contributed by atoms with E-state index in [0.717, 1.165) is 16.0 Å². The Bertz CT molecular complexity index is 1230. The van der Waals surface area contributed by atoms with Gasteiger partial charge in [0.2, 0.25) is 5.91 Å². The Morgan fingerprint density at radius 1 is 1.02 bits per heavy atom. The summed E-state index contributed by atoms with van der Waals surface area (Å²) in [6, 6.07) is 11.6. The van der Waals surface area contributed by atoms with Gasteiger partial charge in [-0.1, -0.05) is 35.9 Å². The van der Waals surface area contributed by atoms with Crippen molar-refractivity contribution in [1.29, 1.82) is 0 Å². The molecule has 1 heterocycles. The van der Waals surface area contributed by atoms with Crippen LogP contribution in [0.15, 0.2) is 42.5 Å². The predicted molar refractivity (Wildman–Crippen MR) is 148 cm³/mol. The molecule has 1 aliphatic heterocycles. The molecule has 3 rings (SSSR count). The van der Waals surface area contributed by atoms with Crippen molar-refractivity contribution in [3.05, 3.63) is 59.4 Å². The van der Waals surface area contributed by atoms with Crippen LogP contribution in [-0.2, 0) is 25.4 Å². The number of rotatable bonds is 7. The van der Waals surface area contributed by atoms with Crippen molar-refractivity contribution in [2.75, 3.05) is 13.2 Å². The second-order valence-electron chi connectivity index (χ2n) is 12.4. The highest BCUT2D eigenvalue weighted by molar-refractivity contribution is 5.98. The van der Waals surface area contributed by atoms with Gasteiger partial charge in [-0.15, -0.1) is 0 Å². The summed E-state index contributed by atoms with van der Waals surface area (Å²) in [5, 5.41) is 9.84. The fraction of sp³-hybridized carbons (Fsp3) is 0.516. The van der Waals surface area contributed by atoms with Crippen LogP contribution in [0.3, 0.4) is 0 Å². The lowest BCUT2D eigenvalue weighted by Gasteiger charge is -2.28. The molecule has 2 aromatic rings. The van der Waals surface area contributed by atoms with E-state index in [1.54, 1.807) is 65.8 Å². The maximum absolute atomic E-state index is 14.4. The highest BCUT2D eigenvalue weighted by Gasteiger charge is 2.55. The molecule has 0 radical (unpaired) electrons. The molecule has 1 fully saturated rings. The molecule has 1 saturated heterocycles. The number of aliphatic hydroxyl groups is 1. The third-order valence-corrected chi connectivity index (χ3v) is 6.56. The quantitative estimate of drug-likeness (QED) is 0.404. The first-order chi connectivity index (χ1) is 18.5. The van der Waals surface area contributed by atoms with E-state index < -0.39 is 40.8 Å². The normalized spacial score (nSPS) is 19.5. The number of carbonyl (C=O) groups excluding carboxylic acids is 3. The van der Waals surface area contributed by atoms with E-state index in [1.807, 2.05) is 19.1 Å². The molecule has 0 spiro atoms. The lowest BCUT2D eigenvalue weighted by molar-refractivity contribution is -0.139. The Hall–Kier alpha value is -3.46. The zero-order chi connectivity index (χ0) is 29.9. The molecular weight excluding hydrogens is 517 g/mol. The summed E-state index contributed by atoms with van der Waals surface area (Å²) in [6.45, 7) is 11.4. The topological polar surface area (TPSA) is 102 Å². The second kappa shape index (κ2) is 12.0. The van der Waals surface area contributed by atoms with Crippen LogP contribution in [0, 0.1) is 18.2 Å². The fourth-order valence-corrected chi connectivity index (χ4v) is 4.80. The van der Waals surface area contributed by atoms with Gasteiger partial charge in [-0.05, 0) is 91.0 Å². The number of halogens is 1. The van der Waals surface area contributed by atoms with Crippen LogP contribution in [0.5, 0.6) is 0 Å². The molecule has 2 atom stereocenters. The van der Waals surface area contributed by atoms with Crippen LogP contribution in [0.2, 0.25) is 0 Å². The predicted octanol–water partition coefficient (Wildman–Crippen LogP) is 6.20. The molecule has 0 aliphatic carbocycles. The molecule has 8 nitrogen and oxygen atoms in total. The lowest BCUT2D eigenvalue weighted by Crippen LogP contribution is -2.46. The Kier molecular flexibility index (Phi) is 9.29. The smallest absolute Gasteiger partial charge is 0.443 e. The van der Waals surface area contributed by atoms with E-state index >= 15 is 0 Å². The standard InChI is InChI=1S/C31H40FNO7/c1-20-8-13-25(32)24(16-20)22-11-9-21(10-12-22)17-23-18-31(14-15-34,19-38-28(37)40-30(5,6)7)26(35)33(23)27(36)39-29(2,3)4/h8-13,16,23,34H,14-15,17-19H2,1-7H3/t23-,31?/m1/s1. The Labute approximate surface area is 235 Å². The van der Waals surface area contributed by atoms with Gasteiger partial charge < -0.3 is 19.3 Å². The van der Waals surface area contributed by atoms with Gasteiger partial charge in [0.25, 0.3) is 0 Å². The Morgan fingerprint density at radius 3 is 2.23 bits per heavy atom. The van der Waals surface area contributed by atoms with Crippen molar-refractivity contribution < 1.29 is 38.1 Å². The highest BCUT2D eigenvalue weighted by Crippen LogP contribution is 2.42. The minimum atomic E-state index is -1.34. The maximum atomic E-state index is 14.4. The van der Waals surface area contributed by atoms with Crippen LogP contribution in [0.25, 0.3) is 11.1 Å². The molecule has 1 N–H and O–H groups in total. The van der Waals surface area contributed by atoms with E-state index in [2.05, 4.69) is 0 Å². The summed E-state index contributed by atoms with van der Waals surface area (Å²) >= 11 is 0. The van der Waals surface area contributed by atoms with Crippen molar-refractivity contribution in [1.82, 2.24) is 4.90 Å². The van der Waals surface area contributed by atoms with Crippen LogP contribution < -0.4 is 0 Å². The van der Waals surface area contributed by atoms with Crippen molar-refractivity contribution in [2.24, 2.45) is 5.41 Å². The minimum Gasteiger partial charge on any atom is -0.443 e. The first-order valence-corrected chi connectivity index (χ1v) is 13.4. The number of benzene rings is 2. The zero-order valence-electron chi connectivity index (χ0n) is 24.4. The SMILES string of the molecule is Cc1ccc(F)c(-c2ccc(C[C@@H]3CC(CCO)(COC(=O)OC(C)(C)C)C(=O)N3C(=O)OC(C)(C)C)cc2)c1. The van der Waals surface area contributed by atoms with Gasteiger partial charge in [-0.2, -0.15) is 0 Å². The molecule has 0 aromatic heterocycles. The van der Waals surface area contributed by atoms with Crippen LogP contribution >= 0.6 is 0 Å². The van der Waals surface area contributed by atoms with E-state index in [9.17, 15) is 23.9 Å². The fourth-order valence-electron chi connectivity index (χ4n) is 4.80. The Balaban J connectivity index is 1.89. The number of amides is 2. The molecule has 218 valence electrons. The summed E-state index contributed by atoms with van der Waals surface area (Å²) in [5.41, 5.74) is -0.0347. The van der Waals surface area contributed by atoms with Gasteiger partial charge in [-0.3, -0.25) is 4.79 Å². The molecule has 2 aromatic carbocycles. The molecule has 2 amide bonds. The van der Waals surface area contributed by atoms with Crippen molar-refractivity contribution in [3.8, 4) is 11.1 Å². The summed E-state index contributed by atoms with van der Waals surface area (Å²) in [4.78, 5) is 40.4. The van der Waals surface area contributed by atoms with Gasteiger partial charge >= 0.3 is 12.2 Å². The molecular formula is C31H40FNO7. The molecule has 1 aliphatic rings. The number of aliphatic hydroxyl groups excluding tert-OH is 1. The summed E-state index contributed by atoms with van der Waals surface area (Å²) < 4.78 is 30.5. The van der Waals surface area contributed by atoms with Crippen LogP contribution in [-0.4, -0.2) is 58.6 Å². The number of imide groups is 1. The largest absolute Gasteiger partial charge is 0.508 e. The van der Waals surface area contributed by atoms with Gasteiger partial charge in [0.1, 0.15) is 23.6 Å². The summed E-state index contributed by atoms with van der Waals surface area (Å²) in [5.74, 6) is -0.905. The molecule has 9 heteroatoms. The third-order valence-electron chi connectivity index (χ3n) is 6.56. The highest BCUT2D eigenvalue weighted by atomic mass is 19.1. The van der Waals surface area contributed by atoms with E-state index in [0.29, 0.717) is 17.5 Å². The molecule has 0 saturated carbocycles. The van der Waals surface area contributed by atoms with Crippen molar-refractivity contribution in [3.63, 3.8) is 0 Å². The molecule has 40 heavy (non-hydrogen) atoms. The minimum absolute atomic E-state index is 0.0179. The lowest BCUT2D eigenvalue weighted by atomic mass is 9.81. The number of likely N-dealkylation sites (tertiary alicyclic amines) is 1. The zero-order valence-corrected chi connectivity index (χ0v) is 24.4. The summed E-state index contributed by atoms with van der Waals surface area (Å²) in [6.07, 6.45) is -1.33. The first-order valence-electron chi connectivity index (χ1n) is 13.4. The van der Waals surface area contributed by atoms with E-state index in [-0.39, 0.29) is 31.9 Å². The van der Waals surface area contributed by atoms with Crippen LogP contribution in [0.1, 0.15) is 65.5 Å². The summed E-state index contributed by atoms with van der Waals surface area (Å²) in [7, 11) is 0.